The first kappa shape index (κ1) is 29.8. The molecule has 1 fully saturated rings. The molecule has 216 valence electrons. The highest BCUT2D eigenvalue weighted by atomic mass is 16.6. The highest BCUT2D eigenvalue weighted by Crippen LogP contribution is 2.34. The number of nitrogens with zero attached hydrogens (tertiary/aromatic N) is 4. The fraction of sp³-hybridized carbons (Fsp3) is 0.406. The molecule has 1 amide bonds. The van der Waals surface area contributed by atoms with Gasteiger partial charge in [0.1, 0.15) is 13.2 Å². The fourth-order valence-corrected chi connectivity index (χ4v) is 4.81. The number of carbonyl (C=O) groups excluding carboxylic acids is 1. The molecule has 1 saturated heterocycles. The minimum Gasteiger partial charge on any atom is -0.485 e. The number of likely N-dealkylation sites (tertiary alicyclic amines) is 1. The van der Waals surface area contributed by atoms with E-state index in [9.17, 15) is 4.79 Å². The van der Waals surface area contributed by atoms with Gasteiger partial charge in [0.15, 0.2) is 11.5 Å². The maximum atomic E-state index is 12.8. The normalized spacial score (nSPS) is 15.1. The molecule has 41 heavy (non-hydrogen) atoms. The van der Waals surface area contributed by atoms with E-state index in [0.717, 1.165) is 42.4 Å². The smallest absolute Gasteiger partial charge is 0.410 e. The molecule has 0 saturated carbocycles. The number of carbonyl (C=O) groups is 1. The molecule has 0 radical (unpaired) electrons. The van der Waals surface area contributed by atoms with Crippen LogP contribution in [0.3, 0.4) is 0 Å². The van der Waals surface area contributed by atoms with Gasteiger partial charge in [-0.25, -0.2) is 4.79 Å². The topological polar surface area (TPSA) is 106 Å². The van der Waals surface area contributed by atoms with Gasteiger partial charge in [-0.3, -0.25) is 0 Å². The Morgan fingerprint density at radius 2 is 1.68 bits per heavy atom. The molecule has 0 aliphatic carbocycles. The van der Waals surface area contributed by atoms with E-state index < -0.39 is 6.10 Å². The van der Waals surface area contributed by atoms with Crippen molar-refractivity contribution >= 4 is 6.09 Å². The van der Waals surface area contributed by atoms with Gasteiger partial charge in [-0.1, -0.05) is 91.3 Å². The van der Waals surface area contributed by atoms with E-state index in [1.54, 1.807) is 4.90 Å². The van der Waals surface area contributed by atoms with E-state index in [4.69, 9.17) is 24.5 Å². The predicted molar refractivity (Wildman–Crippen MR) is 157 cm³/mol. The molecule has 2 atom stereocenters. The fourth-order valence-electron chi connectivity index (χ4n) is 4.81. The summed E-state index contributed by atoms with van der Waals surface area (Å²) in [6, 6.07) is 25.4. The molecular weight excluding hydrogens is 520 g/mol. The van der Waals surface area contributed by atoms with Crippen molar-refractivity contribution in [2.45, 2.75) is 64.6 Å². The molecule has 3 aromatic carbocycles. The summed E-state index contributed by atoms with van der Waals surface area (Å²) >= 11 is 0. The van der Waals surface area contributed by atoms with E-state index in [0.29, 0.717) is 37.9 Å². The molecule has 1 aliphatic rings. The monoisotopic (exact) mass is 558 g/mol. The van der Waals surface area contributed by atoms with Gasteiger partial charge in [0.05, 0.1) is 31.9 Å². The van der Waals surface area contributed by atoms with Crippen LogP contribution in [0.15, 0.2) is 84.0 Å². The molecule has 3 aromatic rings. The third kappa shape index (κ3) is 8.90. The van der Waals surface area contributed by atoms with Crippen LogP contribution < -0.4 is 9.47 Å². The van der Waals surface area contributed by atoms with Gasteiger partial charge in [-0.15, -0.1) is 0 Å². The van der Waals surface area contributed by atoms with Crippen LogP contribution in [0.1, 0.15) is 49.3 Å². The molecule has 0 bridgehead atoms. The van der Waals surface area contributed by atoms with Gasteiger partial charge in [-0.05, 0) is 42.0 Å². The summed E-state index contributed by atoms with van der Waals surface area (Å²) in [5, 5.41) is 3.80. The third-order valence-electron chi connectivity index (χ3n) is 6.99. The highest BCUT2D eigenvalue weighted by molar-refractivity contribution is 5.68. The molecular formula is C32H38N4O5. The summed E-state index contributed by atoms with van der Waals surface area (Å²) in [4.78, 5) is 17.5. The Bertz CT molecular complexity index is 1270. The van der Waals surface area contributed by atoms with E-state index in [-0.39, 0.29) is 25.3 Å². The number of hydrogen-bond acceptors (Lipinski definition) is 6. The summed E-state index contributed by atoms with van der Waals surface area (Å²) in [5.74, 6) is 1.21. The largest absolute Gasteiger partial charge is 0.485 e. The third-order valence-corrected chi connectivity index (χ3v) is 6.99. The van der Waals surface area contributed by atoms with Gasteiger partial charge >= 0.3 is 6.09 Å². The zero-order valence-corrected chi connectivity index (χ0v) is 23.6. The predicted octanol–water partition coefficient (Wildman–Crippen LogP) is 7.44. The summed E-state index contributed by atoms with van der Waals surface area (Å²) in [7, 11) is 0. The van der Waals surface area contributed by atoms with E-state index in [2.05, 4.69) is 16.9 Å². The second-order valence-corrected chi connectivity index (χ2v) is 9.93. The Labute approximate surface area is 241 Å². The summed E-state index contributed by atoms with van der Waals surface area (Å²) in [5.41, 5.74) is 11.9. The van der Waals surface area contributed by atoms with Gasteiger partial charge in [0.2, 0.25) is 0 Å². The van der Waals surface area contributed by atoms with Crippen molar-refractivity contribution in [3.05, 3.63) is 106 Å². The van der Waals surface area contributed by atoms with E-state index in [1.165, 1.54) is 0 Å². The molecule has 0 spiro atoms. The Hall–Kier alpha value is -4.20. The minimum absolute atomic E-state index is 0.101. The van der Waals surface area contributed by atoms with Crippen LogP contribution in [0.5, 0.6) is 11.5 Å². The lowest BCUT2D eigenvalue weighted by Gasteiger charge is -2.30. The van der Waals surface area contributed by atoms with Gasteiger partial charge < -0.3 is 23.8 Å². The molecule has 4 rings (SSSR count). The lowest BCUT2D eigenvalue weighted by atomic mass is 10.1. The van der Waals surface area contributed by atoms with Crippen LogP contribution in [0.25, 0.3) is 10.4 Å². The van der Waals surface area contributed by atoms with Crippen LogP contribution in [0, 0.1) is 0 Å². The maximum Gasteiger partial charge on any atom is 0.410 e. The van der Waals surface area contributed by atoms with Crippen molar-refractivity contribution < 1.29 is 23.7 Å². The zero-order valence-electron chi connectivity index (χ0n) is 23.6. The first-order chi connectivity index (χ1) is 20.2. The molecule has 2 unspecified atom stereocenters. The Morgan fingerprint density at radius 1 is 0.976 bits per heavy atom. The average molecular weight is 559 g/mol. The van der Waals surface area contributed by atoms with Crippen molar-refractivity contribution in [2.24, 2.45) is 5.11 Å². The Balaban J connectivity index is 1.52. The minimum atomic E-state index is -0.497. The SMILES string of the molecule is CCCCOC(=O)N1CCCC1C(CN=[N+]=[N-])OCc1cccc(OCc2ccccc2)c1OCc1ccccc1. The number of rotatable bonds is 15. The second-order valence-electron chi connectivity index (χ2n) is 9.93. The van der Waals surface area contributed by atoms with E-state index >= 15 is 0 Å². The molecule has 9 nitrogen and oxygen atoms in total. The molecule has 0 N–H and O–H groups in total. The van der Waals surface area contributed by atoms with Crippen molar-refractivity contribution in [2.75, 3.05) is 19.7 Å². The Morgan fingerprint density at radius 3 is 2.37 bits per heavy atom. The maximum absolute atomic E-state index is 12.8. The lowest BCUT2D eigenvalue weighted by Crippen LogP contribution is -2.45. The first-order valence-corrected chi connectivity index (χ1v) is 14.2. The van der Waals surface area contributed by atoms with Crippen molar-refractivity contribution in [1.29, 1.82) is 0 Å². The highest BCUT2D eigenvalue weighted by Gasteiger charge is 2.36. The van der Waals surface area contributed by atoms with Crippen LogP contribution in [-0.4, -0.2) is 42.8 Å². The standard InChI is InChI=1S/C32H38N4O5/c1-2-3-20-38-32(37)36-19-11-17-28(36)30(21-34-35-33)40-24-27-16-10-18-29(39-22-25-12-6-4-7-13-25)31(27)41-23-26-14-8-5-9-15-26/h4-10,12-16,18,28,30H,2-3,11,17,19-24H2,1H3. The molecule has 9 heteroatoms. The second kappa shape index (κ2) is 16.2. The van der Waals surface area contributed by atoms with Crippen molar-refractivity contribution in [3.8, 4) is 11.5 Å². The van der Waals surface area contributed by atoms with Crippen LogP contribution in [0.4, 0.5) is 4.79 Å². The molecule has 1 heterocycles. The van der Waals surface area contributed by atoms with Crippen molar-refractivity contribution in [3.63, 3.8) is 0 Å². The molecule has 1 aliphatic heterocycles. The van der Waals surface area contributed by atoms with Crippen LogP contribution >= 0.6 is 0 Å². The van der Waals surface area contributed by atoms with Gasteiger partial charge in [0, 0.05) is 17.0 Å². The number of amides is 1. The van der Waals surface area contributed by atoms with Gasteiger partial charge in [-0.2, -0.15) is 0 Å². The Kier molecular flexibility index (Phi) is 11.7. The number of hydrogen-bond donors (Lipinski definition) is 0. The molecule has 0 aromatic heterocycles. The van der Waals surface area contributed by atoms with Gasteiger partial charge in [0.25, 0.3) is 0 Å². The first-order valence-electron chi connectivity index (χ1n) is 14.2. The van der Waals surface area contributed by atoms with E-state index in [1.807, 2.05) is 78.9 Å². The average Bonchev–Trinajstić information content (AvgIpc) is 3.50. The van der Waals surface area contributed by atoms with Crippen molar-refractivity contribution in [1.82, 2.24) is 4.90 Å². The quantitative estimate of drug-likeness (QED) is 0.0834. The number of benzene rings is 3. The summed E-state index contributed by atoms with van der Waals surface area (Å²) < 4.78 is 24.4. The summed E-state index contributed by atoms with van der Waals surface area (Å²) in [6.07, 6.45) is 2.49. The lowest BCUT2D eigenvalue weighted by molar-refractivity contribution is -0.00804. The van der Waals surface area contributed by atoms with Crippen LogP contribution in [-0.2, 0) is 29.3 Å². The number of para-hydroxylation sites is 1. The van der Waals surface area contributed by atoms with Crippen LogP contribution in [0.2, 0.25) is 0 Å². The number of ether oxygens (including phenoxy) is 4. The zero-order chi connectivity index (χ0) is 28.7. The number of azide groups is 1. The number of unbranched alkanes of at least 4 members (excludes halogenated alkanes) is 1. The summed E-state index contributed by atoms with van der Waals surface area (Å²) in [6.45, 7) is 4.07.